The molecule has 35 heavy (non-hydrogen) atoms. The van der Waals surface area contributed by atoms with E-state index in [9.17, 15) is 4.39 Å². The van der Waals surface area contributed by atoms with Gasteiger partial charge in [-0.15, -0.1) is 0 Å². The van der Waals surface area contributed by atoms with Crippen LogP contribution in [0, 0.1) is 12.7 Å². The molecule has 5 aromatic rings. The summed E-state index contributed by atoms with van der Waals surface area (Å²) < 4.78 is 18.9. The number of aromatic amines is 1. The zero-order valence-corrected chi connectivity index (χ0v) is 20.6. The first-order chi connectivity index (χ1) is 17.1. The van der Waals surface area contributed by atoms with Crippen LogP contribution < -0.4 is 10.6 Å². The lowest BCUT2D eigenvalue weighted by Crippen LogP contribution is -2.16. The summed E-state index contributed by atoms with van der Waals surface area (Å²) in [6.45, 7) is 10.1. The average molecular weight is 478 g/mol. The molecule has 0 bridgehead atoms. The quantitative estimate of drug-likeness (QED) is 0.269. The van der Waals surface area contributed by atoms with E-state index < -0.39 is 0 Å². The van der Waals surface area contributed by atoms with Gasteiger partial charge in [0.05, 0.1) is 23.3 Å². The number of anilines is 1. The van der Waals surface area contributed by atoms with Gasteiger partial charge in [-0.25, -0.2) is 19.3 Å². The van der Waals surface area contributed by atoms with Crippen molar-refractivity contribution in [1.82, 2.24) is 30.2 Å². The number of hydrogen-bond acceptors (Lipinski definition) is 7. The maximum absolute atomic E-state index is 13.5. The number of rotatable bonds is 7. The molecule has 0 aliphatic rings. The number of likely N-dealkylation sites (N-methyl/N-ethyl adjacent to an activating group) is 1. The van der Waals surface area contributed by atoms with E-state index in [1.807, 2.05) is 32.0 Å². The van der Waals surface area contributed by atoms with Crippen molar-refractivity contribution in [2.24, 2.45) is 0 Å². The monoisotopic (exact) mass is 477 g/mol. The zero-order valence-electron chi connectivity index (χ0n) is 20.6. The van der Waals surface area contributed by atoms with Gasteiger partial charge in [0.15, 0.2) is 22.8 Å². The molecule has 0 aliphatic carbocycles. The van der Waals surface area contributed by atoms with Crippen molar-refractivity contribution in [3.63, 3.8) is 0 Å². The van der Waals surface area contributed by atoms with Gasteiger partial charge in [0, 0.05) is 38.3 Å². The molecule has 3 N–H and O–H groups in total. The fraction of sp³-hybridized carbons (Fsp3) is 0.308. The van der Waals surface area contributed by atoms with Crippen LogP contribution in [-0.4, -0.2) is 38.0 Å². The van der Waals surface area contributed by atoms with Crippen LogP contribution >= 0.6 is 0 Å². The second kappa shape index (κ2) is 13.1. The molecule has 4 heterocycles. The van der Waals surface area contributed by atoms with Crippen molar-refractivity contribution < 1.29 is 8.81 Å². The molecule has 0 aliphatic heterocycles. The molecule has 0 unspecified atom stereocenters. The Balaban J connectivity index is 0.000000190. The molecule has 5 rings (SSSR count). The Kier molecular flexibility index (Phi) is 9.68. The third-order valence-electron chi connectivity index (χ3n) is 4.90. The highest BCUT2D eigenvalue weighted by molar-refractivity contribution is 5.83. The summed E-state index contributed by atoms with van der Waals surface area (Å²) in [6.07, 6.45) is 4.13. The highest BCUT2D eigenvalue weighted by Crippen LogP contribution is 2.21. The molecule has 0 amide bonds. The van der Waals surface area contributed by atoms with Crippen molar-refractivity contribution in [2.45, 2.75) is 40.7 Å². The molecule has 184 valence electrons. The lowest BCUT2D eigenvalue weighted by molar-refractivity contribution is 0.561. The minimum absolute atomic E-state index is 0.241. The molecular weight excluding hydrogens is 445 g/mol. The topological polar surface area (TPSA) is 105 Å². The largest absolute Gasteiger partial charge is 0.441 e. The standard InChI is InChI=1S/C13H11FN4O.C11H15N3.C2H6/c1-8-18-12-11(19-8)4-6-16-13(12)17-7-10-9(14)3-2-5-15-10;1-2-12-8-7-11-13-9-5-3-4-6-10(9)14-11;1-2/h2-6H,7H2,1H3,(H,16,17);3-6,12H,2,7-8H2,1H3,(H,13,14);1-2H3. The predicted molar refractivity (Wildman–Crippen MR) is 138 cm³/mol. The van der Waals surface area contributed by atoms with Gasteiger partial charge >= 0.3 is 0 Å². The molecule has 0 saturated heterocycles. The molecule has 8 nitrogen and oxygen atoms in total. The van der Waals surface area contributed by atoms with Crippen LogP contribution in [0.1, 0.15) is 38.2 Å². The number of aromatic nitrogens is 5. The molecule has 0 atom stereocenters. The number of benzene rings is 1. The Labute approximate surface area is 204 Å². The molecule has 0 saturated carbocycles. The first-order valence-corrected chi connectivity index (χ1v) is 11.8. The SMILES string of the molecule is CC.CCNCCc1nc2ccccc2[nH]1.Cc1nc2c(NCc3ncccc3F)nccc2o1. The van der Waals surface area contributed by atoms with E-state index in [1.165, 1.54) is 6.07 Å². The third-order valence-corrected chi connectivity index (χ3v) is 4.90. The van der Waals surface area contributed by atoms with Gasteiger partial charge in [0.2, 0.25) is 0 Å². The summed E-state index contributed by atoms with van der Waals surface area (Å²) in [5, 5.41) is 6.30. The number of nitrogens with zero attached hydrogens (tertiary/aromatic N) is 4. The number of nitrogens with one attached hydrogen (secondary N) is 3. The fourth-order valence-electron chi connectivity index (χ4n) is 3.32. The second-order valence-electron chi connectivity index (χ2n) is 7.33. The molecule has 0 radical (unpaired) electrons. The molecule has 4 aromatic heterocycles. The van der Waals surface area contributed by atoms with E-state index in [1.54, 1.807) is 31.5 Å². The third kappa shape index (κ3) is 7.07. The number of para-hydroxylation sites is 2. The zero-order chi connectivity index (χ0) is 25.0. The lowest BCUT2D eigenvalue weighted by Gasteiger charge is -2.05. The number of imidazole rings is 1. The van der Waals surface area contributed by atoms with Crippen LogP contribution in [0.15, 0.2) is 59.3 Å². The van der Waals surface area contributed by atoms with Gasteiger partial charge in [0.1, 0.15) is 11.6 Å². The second-order valence-corrected chi connectivity index (χ2v) is 7.33. The van der Waals surface area contributed by atoms with Gasteiger partial charge in [-0.05, 0) is 30.8 Å². The number of aryl methyl sites for hydroxylation is 1. The van der Waals surface area contributed by atoms with Gasteiger partial charge in [0.25, 0.3) is 0 Å². The van der Waals surface area contributed by atoms with Crippen LogP contribution in [0.2, 0.25) is 0 Å². The van der Waals surface area contributed by atoms with Gasteiger partial charge in [-0.1, -0.05) is 32.9 Å². The molecule has 0 fully saturated rings. The summed E-state index contributed by atoms with van der Waals surface area (Å²) >= 11 is 0. The van der Waals surface area contributed by atoms with Crippen molar-refractivity contribution in [3.8, 4) is 0 Å². The number of halogens is 1. The number of pyridine rings is 2. The van der Waals surface area contributed by atoms with E-state index in [0.717, 1.165) is 36.4 Å². The number of hydrogen-bond donors (Lipinski definition) is 3. The van der Waals surface area contributed by atoms with E-state index in [0.29, 0.717) is 28.5 Å². The molecule has 0 spiro atoms. The van der Waals surface area contributed by atoms with Crippen molar-refractivity contribution in [3.05, 3.63) is 78.1 Å². The van der Waals surface area contributed by atoms with E-state index >= 15 is 0 Å². The van der Waals surface area contributed by atoms with Crippen LogP contribution in [0.4, 0.5) is 10.2 Å². The smallest absolute Gasteiger partial charge is 0.192 e. The Bertz CT molecular complexity index is 1300. The Morgan fingerprint density at radius 3 is 2.60 bits per heavy atom. The van der Waals surface area contributed by atoms with Crippen LogP contribution in [0.3, 0.4) is 0 Å². The first-order valence-electron chi connectivity index (χ1n) is 11.8. The molecule has 1 aromatic carbocycles. The molecular formula is C26H32FN7O. The minimum Gasteiger partial charge on any atom is -0.441 e. The van der Waals surface area contributed by atoms with E-state index in [-0.39, 0.29) is 12.4 Å². The van der Waals surface area contributed by atoms with Crippen LogP contribution in [0.5, 0.6) is 0 Å². The highest BCUT2D eigenvalue weighted by atomic mass is 19.1. The highest BCUT2D eigenvalue weighted by Gasteiger charge is 2.09. The summed E-state index contributed by atoms with van der Waals surface area (Å²) in [6, 6.07) is 12.8. The summed E-state index contributed by atoms with van der Waals surface area (Å²) in [4.78, 5) is 20.2. The summed E-state index contributed by atoms with van der Waals surface area (Å²) in [5.74, 6) is 1.83. The van der Waals surface area contributed by atoms with Gasteiger partial charge < -0.3 is 20.0 Å². The maximum atomic E-state index is 13.5. The lowest BCUT2D eigenvalue weighted by atomic mass is 10.3. The maximum Gasteiger partial charge on any atom is 0.192 e. The van der Waals surface area contributed by atoms with E-state index in [2.05, 4.69) is 48.5 Å². The van der Waals surface area contributed by atoms with Crippen molar-refractivity contribution in [1.29, 1.82) is 0 Å². The van der Waals surface area contributed by atoms with Gasteiger partial charge in [-0.2, -0.15) is 0 Å². The normalized spacial score (nSPS) is 10.4. The summed E-state index contributed by atoms with van der Waals surface area (Å²) in [7, 11) is 0. The Morgan fingerprint density at radius 1 is 1.00 bits per heavy atom. The van der Waals surface area contributed by atoms with Crippen molar-refractivity contribution >= 4 is 28.0 Å². The average Bonchev–Trinajstić information content (AvgIpc) is 3.48. The fourth-order valence-corrected chi connectivity index (χ4v) is 3.32. The van der Waals surface area contributed by atoms with E-state index in [4.69, 9.17) is 4.42 Å². The predicted octanol–water partition coefficient (Wildman–Crippen LogP) is 5.42. The first kappa shape index (κ1) is 25.8. The number of H-pyrrole nitrogens is 1. The molecule has 9 heteroatoms. The summed E-state index contributed by atoms with van der Waals surface area (Å²) in [5.41, 5.74) is 3.80. The Hall–Kier alpha value is -3.85. The number of fused-ring (bicyclic) bond motifs is 2. The number of oxazole rings is 1. The Morgan fingerprint density at radius 2 is 1.83 bits per heavy atom. The van der Waals surface area contributed by atoms with Gasteiger partial charge in [-0.3, -0.25) is 4.98 Å². The minimum atomic E-state index is -0.349. The van der Waals surface area contributed by atoms with Crippen LogP contribution in [0.25, 0.3) is 22.1 Å². The van der Waals surface area contributed by atoms with Crippen LogP contribution in [-0.2, 0) is 13.0 Å². The van der Waals surface area contributed by atoms with Crippen molar-refractivity contribution in [2.75, 3.05) is 18.4 Å².